The Morgan fingerprint density at radius 1 is 0.833 bits per heavy atom. The molecule has 3 aromatic rings. The van der Waals surface area contributed by atoms with E-state index in [1.165, 1.54) is 21.6 Å². The van der Waals surface area contributed by atoms with Gasteiger partial charge in [0.2, 0.25) is 0 Å². The van der Waals surface area contributed by atoms with Crippen molar-refractivity contribution in [1.29, 1.82) is 0 Å². The molecule has 2 atom stereocenters. The molecule has 0 bridgehead atoms. The number of ether oxygens (including phenoxy) is 1. The van der Waals surface area contributed by atoms with Gasteiger partial charge in [-0.1, -0.05) is 84.9 Å². The van der Waals surface area contributed by atoms with Gasteiger partial charge in [-0.15, -0.1) is 0 Å². The predicted molar refractivity (Wildman–Crippen MR) is 122 cm³/mol. The van der Waals surface area contributed by atoms with Crippen molar-refractivity contribution in [2.24, 2.45) is 0 Å². The first-order chi connectivity index (χ1) is 14.8. The van der Waals surface area contributed by atoms with Crippen molar-refractivity contribution >= 4 is 12.3 Å². The first kappa shape index (κ1) is 19.1. The number of hydrogen-bond acceptors (Lipinski definition) is 3. The van der Waals surface area contributed by atoms with Crippen LogP contribution < -0.4 is 15.8 Å². The Balaban J connectivity index is 1.40. The van der Waals surface area contributed by atoms with Crippen molar-refractivity contribution in [2.75, 3.05) is 13.1 Å². The lowest BCUT2D eigenvalue weighted by molar-refractivity contribution is -0.0480. The van der Waals surface area contributed by atoms with Gasteiger partial charge in [-0.05, 0) is 34.1 Å². The number of nitrogens with zero attached hydrogens (tertiary/aromatic N) is 1. The van der Waals surface area contributed by atoms with Gasteiger partial charge in [0.25, 0.3) is 0 Å². The van der Waals surface area contributed by atoms with E-state index in [2.05, 4.69) is 107 Å². The Labute approximate surface area is 178 Å². The summed E-state index contributed by atoms with van der Waals surface area (Å²) in [6.07, 6.45) is 5.66. The first-order valence-corrected chi connectivity index (χ1v) is 10.8. The molecule has 0 radical (unpaired) electrons. The molecule has 2 heterocycles. The fourth-order valence-electron chi connectivity index (χ4n) is 4.59. The molecule has 0 saturated carbocycles. The molecule has 0 aliphatic carbocycles. The molecule has 1 saturated heterocycles. The summed E-state index contributed by atoms with van der Waals surface area (Å²) in [6, 6.07) is 29.8. The van der Waals surface area contributed by atoms with Crippen LogP contribution in [0, 0.1) is 0 Å². The standard InChI is InChI=1S/C27H28N2O/c1-3-9-22(10-4-1)19-29-16-15-27(17-24-13-7-8-14-25(24)18-28-27)26(20-29)30-21-23-11-5-2-6-12-23/h1-14,17-18,26,28H,15-16,19-21H2/t26-,27-/m1/s1. The van der Waals surface area contributed by atoms with Gasteiger partial charge in [0.1, 0.15) is 0 Å². The highest BCUT2D eigenvalue weighted by Crippen LogP contribution is 2.29. The second-order valence-electron chi connectivity index (χ2n) is 8.36. The van der Waals surface area contributed by atoms with E-state index in [1.807, 2.05) is 0 Å². The molecule has 2 aliphatic rings. The molecule has 0 unspecified atom stereocenters. The summed E-state index contributed by atoms with van der Waals surface area (Å²) in [5.41, 5.74) is 2.40. The largest absolute Gasteiger partial charge is 0.379 e. The van der Waals surface area contributed by atoms with Crippen LogP contribution in [-0.4, -0.2) is 29.6 Å². The predicted octanol–water partition coefficient (Wildman–Crippen LogP) is 3.04. The van der Waals surface area contributed by atoms with Gasteiger partial charge in [0.15, 0.2) is 0 Å². The van der Waals surface area contributed by atoms with Crippen LogP contribution in [0.15, 0.2) is 84.9 Å². The van der Waals surface area contributed by atoms with E-state index >= 15 is 0 Å². The molecule has 3 nitrogen and oxygen atoms in total. The monoisotopic (exact) mass is 396 g/mol. The van der Waals surface area contributed by atoms with E-state index in [0.29, 0.717) is 6.61 Å². The summed E-state index contributed by atoms with van der Waals surface area (Å²) in [7, 11) is 0. The van der Waals surface area contributed by atoms with Crippen LogP contribution in [0.4, 0.5) is 0 Å². The lowest BCUT2D eigenvalue weighted by atomic mass is 9.82. The number of benzene rings is 3. The number of hydrogen-bond donors (Lipinski definition) is 1. The smallest absolute Gasteiger partial charge is 0.0972 e. The van der Waals surface area contributed by atoms with E-state index < -0.39 is 0 Å². The summed E-state index contributed by atoms with van der Waals surface area (Å²) in [5.74, 6) is 0. The third kappa shape index (κ3) is 4.04. The lowest BCUT2D eigenvalue weighted by Gasteiger charge is -2.47. The topological polar surface area (TPSA) is 24.5 Å². The minimum Gasteiger partial charge on any atom is -0.379 e. The number of likely N-dealkylation sites (tertiary alicyclic amines) is 1. The van der Waals surface area contributed by atoms with Crippen molar-refractivity contribution in [3.8, 4) is 0 Å². The third-order valence-corrected chi connectivity index (χ3v) is 6.29. The van der Waals surface area contributed by atoms with E-state index in [9.17, 15) is 0 Å². The molecule has 3 heteroatoms. The van der Waals surface area contributed by atoms with Gasteiger partial charge in [0.05, 0.1) is 18.2 Å². The summed E-state index contributed by atoms with van der Waals surface area (Å²) in [6.45, 7) is 3.53. The molecular weight excluding hydrogens is 368 g/mol. The minimum absolute atomic E-state index is 0.0692. The van der Waals surface area contributed by atoms with Crippen LogP contribution >= 0.6 is 0 Å². The molecule has 152 valence electrons. The summed E-state index contributed by atoms with van der Waals surface area (Å²) in [5, 5.41) is 6.27. The molecular formula is C27H28N2O. The van der Waals surface area contributed by atoms with Crippen molar-refractivity contribution in [1.82, 2.24) is 10.2 Å². The molecule has 0 aromatic heterocycles. The second kappa shape index (κ2) is 8.47. The SMILES string of the molecule is C1=c2ccccc2=C[C@@]2(CCN(Cc3ccccc3)C[C@H]2OCc2ccccc2)N1. The van der Waals surface area contributed by atoms with Crippen molar-refractivity contribution < 1.29 is 4.74 Å². The van der Waals surface area contributed by atoms with Gasteiger partial charge >= 0.3 is 0 Å². The normalized spacial score (nSPS) is 23.1. The van der Waals surface area contributed by atoms with Crippen LogP contribution in [-0.2, 0) is 17.9 Å². The van der Waals surface area contributed by atoms with Crippen LogP contribution in [0.3, 0.4) is 0 Å². The number of nitrogens with one attached hydrogen (secondary N) is 1. The van der Waals surface area contributed by atoms with Crippen LogP contribution in [0.2, 0.25) is 0 Å². The van der Waals surface area contributed by atoms with Crippen molar-refractivity contribution in [3.63, 3.8) is 0 Å². The minimum atomic E-state index is -0.170. The lowest BCUT2D eigenvalue weighted by Crippen LogP contribution is -2.63. The van der Waals surface area contributed by atoms with Crippen molar-refractivity contribution in [2.45, 2.75) is 31.2 Å². The van der Waals surface area contributed by atoms with E-state index in [4.69, 9.17) is 4.74 Å². The van der Waals surface area contributed by atoms with E-state index in [1.54, 1.807) is 0 Å². The molecule has 0 amide bonds. The fourth-order valence-corrected chi connectivity index (χ4v) is 4.59. The fraction of sp³-hybridized carbons (Fsp3) is 0.259. The number of rotatable bonds is 5. The van der Waals surface area contributed by atoms with E-state index in [-0.39, 0.29) is 11.6 Å². The molecule has 1 fully saturated rings. The molecule has 3 aromatic carbocycles. The molecule has 1 spiro atoms. The maximum atomic E-state index is 6.59. The van der Waals surface area contributed by atoms with Gasteiger partial charge in [-0.3, -0.25) is 4.90 Å². The first-order valence-electron chi connectivity index (χ1n) is 10.8. The van der Waals surface area contributed by atoms with Crippen molar-refractivity contribution in [3.05, 3.63) is 106 Å². The average molecular weight is 397 g/mol. The summed E-state index contributed by atoms with van der Waals surface area (Å²) >= 11 is 0. The summed E-state index contributed by atoms with van der Waals surface area (Å²) < 4.78 is 6.59. The highest BCUT2D eigenvalue weighted by Gasteiger charge is 2.42. The maximum absolute atomic E-state index is 6.59. The Bertz CT molecular complexity index is 1100. The highest BCUT2D eigenvalue weighted by molar-refractivity contribution is 5.49. The summed E-state index contributed by atoms with van der Waals surface area (Å²) in [4.78, 5) is 2.52. The van der Waals surface area contributed by atoms with E-state index in [0.717, 1.165) is 26.1 Å². The van der Waals surface area contributed by atoms with Crippen LogP contribution in [0.1, 0.15) is 17.5 Å². The molecule has 2 aliphatic heterocycles. The number of piperidine rings is 1. The molecule has 30 heavy (non-hydrogen) atoms. The zero-order valence-electron chi connectivity index (χ0n) is 17.2. The van der Waals surface area contributed by atoms with Crippen LogP contribution in [0.25, 0.3) is 12.3 Å². The zero-order valence-corrected chi connectivity index (χ0v) is 17.2. The Morgan fingerprint density at radius 2 is 1.50 bits per heavy atom. The Hall–Kier alpha value is -2.88. The molecule has 1 N–H and O–H groups in total. The average Bonchev–Trinajstić information content (AvgIpc) is 2.81. The maximum Gasteiger partial charge on any atom is 0.0972 e. The van der Waals surface area contributed by atoms with Gasteiger partial charge in [0, 0.05) is 25.8 Å². The Morgan fingerprint density at radius 3 is 2.27 bits per heavy atom. The Kier molecular flexibility index (Phi) is 5.39. The highest BCUT2D eigenvalue weighted by atomic mass is 16.5. The quantitative estimate of drug-likeness (QED) is 0.718. The van der Waals surface area contributed by atoms with Gasteiger partial charge in [-0.2, -0.15) is 0 Å². The second-order valence-corrected chi connectivity index (χ2v) is 8.36. The van der Waals surface area contributed by atoms with Gasteiger partial charge in [-0.25, -0.2) is 0 Å². The zero-order chi connectivity index (χ0) is 20.2. The third-order valence-electron chi connectivity index (χ3n) is 6.29. The van der Waals surface area contributed by atoms with Gasteiger partial charge < -0.3 is 10.1 Å². The number of fused-ring (bicyclic) bond motifs is 1. The van der Waals surface area contributed by atoms with Crippen LogP contribution in [0.5, 0.6) is 0 Å². The molecule has 5 rings (SSSR count).